The van der Waals surface area contributed by atoms with E-state index in [1.165, 1.54) is 34.2 Å². The number of hydrogen-bond acceptors (Lipinski definition) is 5. The molecule has 128 valence electrons. The lowest BCUT2D eigenvalue weighted by molar-refractivity contribution is -0.118. The second kappa shape index (κ2) is 9.34. The van der Waals surface area contributed by atoms with Gasteiger partial charge in [0.05, 0.1) is 5.75 Å². The van der Waals surface area contributed by atoms with Crippen LogP contribution < -0.4 is 5.32 Å². The molecule has 0 aliphatic rings. The van der Waals surface area contributed by atoms with Gasteiger partial charge in [-0.2, -0.15) is 0 Å². The van der Waals surface area contributed by atoms with Crippen molar-refractivity contribution in [2.45, 2.75) is 16.7 Å². The highest BCUT2D eigenvalue weighted by Gasteiger charge is 2.14. The molecule has 0 bridgehead atoms. The molecule has 0 saturated heterocycles. The average molecular weight is 370 g/mol. The minimum Gasteiger partial charge on any atom is -0.355 e. The summed E-state index contributed by atoms with van der Waals surface area (Å²) in [6, 6.07) is 20.9. The summed E-state index contributed by atoms with van der Waals surface area (Å²) in [5.74, 6) is 0.676. The summed E-state index contributed by atoms with van der Waals surface area (Å²) in [6.45, 7) is 0.643. The van der Waals surface area contributed by atoms with Crippen LogP contribution in [0.1, 0.15) is 23.5 Å². The third kappa shape index (κ3) is 5.41. The van der Waals surface area contributed by atoms with Crippen LogP contribution in [-0.2, 0) is 4.79 Å². The van der Waals surface area contributed by atoms with E-state index in [1.54, 1.807) is 5.51 Å². The predicted octanol–water partition coefficient (Wildman–Crippen LogP) is 3.97. The molecule has 1 aromatic heterocycles. The molecule has 1 N–H and O–H groups in total. The van der Waals surface area contributed by atoms with Crippen molar-refractivity contribution in [3.05, 3.63) is 77.3 Å². The fraction of sp³-hybridized carbons (Fsp3) is 0.211. The molecule has 0 unspecified atom stereocenters. The maximum Gasteiger partial charge on any atom is 0.230 e. The van der Waals surface area contributed by atoms with Gasteiger partial charge in [-0.1, -0.05) is 83.8 Å². The molecular weight excluding hydrogens is 350 g/mol. The molecule has 0 radical (unpaired) electrons. The van der Waals surface area contributed by atoms with Crippen molar-refractivity contribution < 1.29 is 4.79 Å². The number of nitrogens with zero attached hydrogens (tertiary/aromatic N) is 2. The lowest BCUT2D eigenvalue weighted by Crippen LogP contribution is -2.27. The van der Waals surface area contributed by atoms with Gasteiger partial charge in [-0.25, -0.2) is 0 Å². The molecular formula is C19H19N3OS2. The van der Waals surface area contributed by atoms with Crippen LogP contribution in [0.2, 0.25) is 0 Å². The zero-order valence-corrected chi connectivity index (χ0v) is 15.3. The van der Waals surface area contributed by atoms with Crippen molar-refractivity contribution in [3.8, 4) is 0 Å². The molecule has 25 heavy (non-hydrogen) atoms. The van der Waals surface area contributed by atoms with Crippen LogP contribution in [0.25, 0.3) is 0 Å². The van der Waals surface area contributed by atoms with Gasteiger partial charge in [0.1, 0.15) is 5.51 Å². The van der Waals surface area contributed by atoms with E-state index in [9.17, 15) is 4.79 Å². The molecule has 6 heteroatoms. The Kier molecular flexibility index (Phi) is 6.59. The number of carbonyl (C=O) groups excluding carboxylic acids is 1. The Hall–Kier alpha value is -2.18. The Labute approximate surface area is 155 Å². The summed E-state index contributed by atoms with van der Waals surface area (Å²) < 4.78 is 0.821. The molecule has 0 aliphatic carbocycles. The van der Waals surface area contributed by atoms with Gasteiger partial charge in [-0.05, 0) is 17.5 Å². The first-order chi connectivity index (χ1) is 12.3. The number of rotatable bonds is 8. The summed E-state index contributed by atoms with van der Waals surface area (Å²) in [5.41, 5.74) is 4.21. The van der Waals surface area contributed by atoms with Gasteiger partial charge in [0.25, 0.3) is 0 Å². The predicted molar refractivity (Wildman–Crippen MR) is 103 cm³/mol. The molecule has 0 spiro atoms. The van der Waals surface area contributed by atoms with Crippen LogP contribution in [0.15, 0.2) is 70.5 Å². The molecule has 3 aromatic rings. The third-order valence-electron chi connectivity index (χ3n) is 3.83. The largest absolute Gasteiger partial charge is 0.355 e. The Morgan fingerprint density at radius 3 is 2.24 bits per heavy atom. The fourth-order valence-electron chi connectivity index (χ4n) is 2.66. The van der Waals surface area contributed by atoms with Crippen molar-refractivity contribution in [1.29, 1.82) is 0 Å². The Bertz CT molecular complexity index is 724. The van der Waals surface area contributed by atoms with Gasteiger partial charge in [0, 0.05) is 12.5 Å². The molecule has 0 saturated carbocycles. The summed E-state index contributed by atoms with van der Waals surface area (Å²) in [5, 5.41) is 10.7. The van der Waals surface area contributed by atoms with Crippen molar-refractivity contribution in [2.24, 2.45) is 0 Å². The van der Waals surface area contributed by atoms with Crippen molar-refractivity contribution in [2.75, 3.05) is 12.3 Å². The lowest BCUT2D eigenvalue weighted by atomic mass is 9.88. The van der Waals surface area contributed by atoms with E-state index in [0.29, 0.717) is 12.3 Å². The van der Waals surface area contributed by atoms with Gasteiger partial charge in [-0.3, -0.25) is 4.79 Å². The van der Waals surface area contributed by atoms with Crippen LogP contribution >= 0.6 is 23.1 Å². The molecule has 1 amide bonds. The first kappa shape index (κ1) is 17.6. The van der Waals surface area contributed by atoms with Crippen molar-refractivity contribution >= 4 is 29.0 Å². The molecule has 4 nitrogen and oxygen atoms in total. The van der Waals surface area contributed by atoms with Crippen molar-refractivity contribution in [1.82, 2.24) is 15.5 Å². The minimum absolute atomic E-state index is 0.0278. The first-order valence-electron chi connectivity index (χ1n) is 8.08. The van der Waals surface area contributed by atoms with Crippen LogP contribution in [0.4, 0.5) is 0 Å². The normalized spacial score (nSPS) is 10.8. The summed E-state index contributed by atoms with van der Waals surface area (Å²) in [4.78, 5) is 12.0. The topological polar surface area (TPSA) is 54.9 Å². The highest BCUT2D eigenvalue weighted by Crippen LogP contribution is 2.27. The molecule has 0 atom stereocenters. The zero-order chi connectivity index (χ0) is 17.3. The molecule has 0 fully saturated rings. The summed E-state index contributed by atoms with van der Waals surface area (Å²) in [7, 11) is 0. The molecule has 2 aromatic carbocycles. The van der Waals surface area contributed by atoms with Crippen molar-refractivity contribution in [3.63, 3.8) is 0 Å². The van der Waals surface area contributed by atoms with E-state index in [-0.39, 0.29) is 11.8 Å². The third-order valence-corrected chi connectivity index (χ3v) is 5.69. The van der Waals surface area contributed by atoms with Crippen LogP contribution in [0, 0.1) is 0 Å². The van der Waals surface area contributed by atoms with Gasteiger partial charge in [-0.15, -0.1) is 10.2 Å². The van der Waals surface area contributed by atoms with Crippen LogP contribution in [0.3, 0.4) is 0 Å². The van der Waals surface area contributed by atoms with Gasteiger partial charge in [0.2, 0.25) is 5.91 Å². The number of carbonyl (C=O) groups is 1. The van der Waals surface area contributed by atoms with Gasteiger partial charge < -0.3 is 5.32 Å². The Morgan fingerprint density at radius 1 is 1.04 bits per heavy atom. The Balaban J connectivity index is 1.55. The fourth-order valence-corrected chi connectivity index (χ4v) is 3.97. The summed E-state index contributed by atoms with van der Waals surface area (Å²) >= 11 is 2.87. The number of hydrogen-bond donors (Lipinski definition) is 1. The van der Waals surface area contributed by atoms with Crippen LogP contribution in [0.5, 0.6) is 0 Å². The SMILES string of the molecule is O=C(CSc1nncs1)NCCC(c1ccccc1)c1ccccc1. The van der Waals surface area contributed by atoms with Crippen LogP contribution in [-0.4, -0.2) is 28.4 Å². The molecule has 3 rings (SSSR count). The van der Waals surface area contributed by atoms with E-state index in [4.69, 9.17) is 0 Å². The monoisotopic (exact) mass is 369 g/mol. The summed E-state index contributed by atoms with van der Waals surface area (Å²) in [6.07, 6.45) is 0.864. The van der Waals surface area contributed by atoms with Gasteiger partial charge >= 0.3 is 0 Å². The van der Waals surface area contributed by atoms with E-state index in [2.05, 4.69) is 64.0 Å². The van der Waals surface area contributed by atoms with E-state index < -0.39 is 0 Å². The number of amides is 1. The number of thioether (sulfide) groups is 1. The van der Waals surface area contributed by atoms with E-state index in [0.717, 1.165) is 10.8 Å². The molecule has 1 heterocycles. The second-order valence-electron chi connectivity index (χ2n) is 5.51. The maximum absolute atomic E-state index is 12.0. The van der Waals surface area contributed by atoms with Gasteiger partial charge in [0.15, 0.2) is 4.34 Å². The second-order valence-corrected chi connectivity index (χ2v) is 7.56. The zero-order valence-electron chi connectivity index (χ0n) is 13.7. The standard InChI is InChI=1S/C19H19N3OS2/c23-18(13-24-19-22-21-14-25-19)20-12-11-17(15-7-3-1-4-8-15)16-9-5-2-6-10-16/h1-10,14,17H,11-13H2,(H,20,23). The highest BCUT2D eigenvalue weighted by molar-refractivity contribution is 8.01. The lowest BCUT2D eigenvalue weighted by Gasteiger charge is -2.18. The first-order valence-corrected chi connectivity index (χ1v) is 9.95. The number of nitrogens with one attached hydrogen (secondary N) is 1. The highest BCUT2D eigenvalue weighted by atomic mass is 32.2. The minimum atomic E-state index is 0.0278. The maximum atomic E-state index is 12.0. The molecule has 0 aliphatic heterocycles. The number of aromatic nitrogens is 2. The number of benzene rings is 2. The Morgan fingerprint density at radius 2 is 1.68 bits per heavy atom. The quantitative estimate of drug-likeness (QED) is 0.611. The van der Waals surface area contributed by atoms with E-state index in [1.807, 2.05) is 12.1 Å². The average Bonchev–Trinajstić information content (AvgIpc) is 3.19. The smallest absolute Gasteiger partial charge is 0.230 e. The van der Waals surface area contributed by atoms with E-state index >= 15 is 0 Å².